The summed E-state index contributed by atoms with van der Waals surface area (Å²) in [6, 6.07) is 16.1. The molecule has 2 aromatic carbocycles. The Kier molecular flexibility index (Phi) is 4.08. The van der Waals surface area contributed by atoms with Gasteiger partial charge in [0.2, 0.25) is 0 Å². The van der Waals surface area contributed by atoms with Crippen LogP contribution in [0.4, 0.5) is 0 Å². The molecule has 0 amide bonds. The van der Waals surface area contributed by atoms with Crippen molar-refractivity contribution >= 4 is 15.9 Å². The maximum Gasteiger partial charge on any atom is 0.120 e. The molecule has 0 aromatic heterocycles. The molecule has 2 nitrogen and oxygen atoms in total. The first-order chi connectivity index (χ1) is 9.74. The average molecular weight is 333 g/mol. The number of aliphatic hydroxyl groups is 1. The van der Waals surface area contributed by atoms with Crippen LogP contribution in [0.3, 0.4) is 0 Å². The fourth-order valence-electron chi connectivity index (χ4n) is 2.56. The van der Waals surface area contributed by atoms with Gasteiger partial charge in [0, 0.05) is 4.83 Å². The highest BCUT2D eigenvalue weighted by molar-refractivity contribution is 9.09. The predicted octanol–water partition coefficient (Wildman–Crippen LogP) is 4.01. The van der Waals surface area contributed by atoms with Crippen molar-refractivity contribution in [3.63, 3.8) is 0 Å². The zero-order valence-electron chi connectivity index (χ0n) is 11.1. The van der Waals surface area contributed by atoms with Crippen LogP contribution in [0.2, 0.25) is 0 Å². The molecule has 0 aliphatic heterocycles. The van der Waals surface area contributed by atoms with Crippen molar-refractivity contribution in [2.45, 2.75) is 30.4 Å². The predicted molar refractivity (Wildman–Crippen MR) is 83.2 cm³/mol. The smallest absolute Gasteiger partial charge is 0.120 e. The summed E-state index contributed by atoms with van der Waals surface area (Å²) >= 11 is 3.52. The van der Waals surface area contributed by atoms with E-state index in [1.807, 2.05) is 30.3 Å². The first kappa shape index (κ1) is 13.7. The number of benzene rings is 2. The largest absolute Gasteiger partial charge is 0.489 e. The van der Waals surface area contributed by atoms with E-state index in [9.17, 15) is 5.11 Å². The third kappa shape index (κ3) is 2.89. The summed E-state index contributed by atoms with van der Waals surface area (Å²) in [4.78, 5) is 0.158. The quantitative estimate of drug-likeness (QED) is 0.860. The highest BCUT2D eigenvalue weighted by atomic mass is 79.9. The molecule has 3 rings (SSSR count). The molecule has 0 spiro atoms. The Morgan fingerprint density at radius 2 is 1.95 bits per heavy atom. The number of rotatable bonds is 3. The van der Waals surface area contributed by atoms with Gasteiger partial charge >= 0.3 is 0 Å². The van der Waals surface area contributed by atoms with Crippen molar-refractivity contribution in [2.24, 2.45) is 0 Å². The van der Waals surface area contributed by atoms with E-state index in [-0.39, 0.29) is 4.83 Å². The second-order valence-electron chi connectivity index (χ2n) is 5.13. The maximum atomic E-state index is 10.1. The minimum atomic E-state index is -0.415. The Morgan fingerprint density at radius 1 is 1.15 bits per heavy atom. The molecule has 3 heteroatoms. The van der Waals surface area contributed by atoms with Gasteiger partial charge < -0.3 is 9.84 Å². The van der Waals surface area contributed by atoms with Crippen molar-refractivity contribution in [2.75, 3.05) is 0 Å². The number of aryl methyl sites for hydroxylation is 1. The molecule has 1 aliphatic carbocycles. The third-order valence-corrected chi connectivity index (χ3v) is 4.67. The fraction of sp³-hybridized carbons (Fsp3) is 0.294. The van der Waals surface area contributed by atoms with Crippen LogP contribution in [-0.2, 0) is 13.0 Å². The topological polar surface area (TPSA) is 29.5 Å². The first-order valence-corrected chi connectivity index (χ1v) is 7.77. The second kappa shape index (κ2) is 5.98. The average Bonchev–Trinajstić information content (AvgIpc) is 2.50. The van der Waals surface area contributed by atoms with Gasteiger partial charge in [0.05, 0.1) is 6.10 Å². The van der Waals surface area contributed by atoms with Crippen LogP contribution < -0.4 is 4.74 Å². The van der Waals surface area contributed by atoms with Gasteiger partial charge in [0.15, 0.2) is 0 Å². The van der Waals surface area contributed by atoms with Crippen LogP contribution in [0.1, 0.15) is 29.2 Å². The molecule has 104 valence electrons. The lowest BCUT2D eigenvalue weighted by molar-refractivity contribution is 0.165. The number of alkyl halides is 1. The van der Waals surface area contributed by atoms with Gasteiger partial charge in [0.1, 0.15) is 12.4 Å². The number of aliphatic hydroxyl groups excluding tert-OH is 1. The van der Waals surface area contributed by atoms with Gasteiger partial charge in [-0.2, -0.15) is 0 Å². The van der Waals surface area contributed by atoms with E-state index in [0.29, 0.717) is 6.61 Å². The van der Waals surface area contributed by atoms with E-state index < -0.39 is 6.10 Å². The van der Waals surface area contributed by atoms with Crippen molar-refractivity contribution in [1.29, 1.82) is 0 Å². The SMILES string of the molecule is OC1c2ccc(OCc3ccccc3)cc2CCC1Br. The van der Waals surface area contributed by atoms with Crippen LogP contribution in [-0.4, -0.2) is 9.93 Å². The van der Waals surface area contributed by atoms with Crippen LogP contribution >= 0.6 is 15.9 Å². The van der Waals surface area contributed by atoms with Crippen LogP contribution in [0.15, 0.2) is 48.5 Å². The van der Waals surface area contributed by atoms with E-state index in [1.165, 1.54) is 5.56 Å². The Labute approximate surface area is 127 Å². The van der Waals surface area contributed by atoms with E-state index in [4.69, 9.17) is 4.74 Å². The molecule has 1 N–H and O–H groups in total. The molecule has 2 atom stereocenters. The Balaban J connectivity index is 1.73. The second-order valence-corrected chi connectivity index (χ2v) is 6.31. The summed E-state index contributed by atoms with van der Waals surface area (Å²) in [5.74, 6) is 0.868. The van der Waals surface area contributed by atoms with E-state index in [0.717, 1.165) is 29.7 Å². The van der Waals surface area contributed by atoms with Gasteiger partial charge in [-0.05, 0) is 41.7 Å². The molecular weight excluding hydrogens is 316 g/mol. The molecule has 0 fully saturated rings. The lowest BCUT2D eigenvalue weighted by Gasteiger charge is -2.26. The molecule has 1 aliphatic rings. The van der Waals surface area contributed by atoms with Crippen LogP contribution in [0.5, 0.6) is 5.75 Å². The number of hydrogen-bond donors (Lipinski definition) is 1. The normalized spacial score (nSPS) is 21.3. The Hall–Kier alpha value is -1.32. The third-order valence-electron chi connectivity index (χ3n) is 3.71. The highest BCUT2D eigenvalue weighted by Gasteiger charge is 2.25. The zero-order chi connectivity index (χ0) is 13.9. The molecule has 2 unspecified atom stereocenters. The summed E-state index contributed by atoms with van der Waals surface area (Å²) in [6.45, 7) is 0.573. The summed E-state index contributed by atoms with van der Waals surface area (Å²) in [5.41, 5.74) is 3.37. The van der Waals surface area contributed by atoms with Crippen LogP contribution in [0.25, 0.3) is 0 Å². The monoisotopic (exact) mass is 332 g/mol. The lowest BCUT2D eigenvalue weighted by Crippen LogP contribution is -2.20. The van der Waals surface area contributed by atoms with E-state index >= 15 is 0 Å². The van der Waals surface area contributed by atoms with Crippen molar-refractivity contribution in [3.8, 4) is 5.75 Å². The number of hydrogen-bond acceptors (Lipinski definition) is 2. The molecule has 0 heterocycles. The summed E-state index contributed by atoms with van der Waals surface area (Å²) < 4.78 is 5.83. The van der Waals surface area contributed by atoms with Gasteiger partial charge in [-0.1, -0.05) is 52.3 Å². The van der Waals surface area contributed by atoms with Crippen LogP contribution in [0, 0.1) is 0 Å². The minimum Gasteiger partial charge on any atom is -0.489 e. The van der Waals surface area contributed by atoms with Crippen molar-refractivity contribution in [1.82, 2.24) is 0 Å². The number of ether oxygens (including phenoxy) is 1. The Morgan fingerprint density at radius 3 is 2.75 bits per heavy atom. The van der Waals surface area contributed by atoms with Gasteiger partial charge in [-0.15, -0.1) is 0 Å². The number of fused-ring (bicyclic) bond motifs is 1. The van der Waals surface area contributed by atoms with E-state index in [2.05, 4.69) is 34.1 Å². The summed E-state index contributed by atoms with van der Waals surface area (Å²) in [7, 11) is 0. The Bertz CT molecular complexity index is 583. The van der Waals surface area contributed by atoms with Gasteiger partial charge in [0.25, 0.3) is 0 Å². The molecule has 0 saturated heterocycles. The standard InChI is InChI=1S/C17H17BrO2/c18-16-9-6-13-10-14(7-8-15(13)17(16)19)20-11-12-4-2-1-3-5-12/h1-5,7-8,10,16-17,19H,6,9,11H2. The maximum absolute atomic E-state index is 10.1. The molecule has 0 bridgehead atoms. The lowest BCUT2D eigenvalue weighted by atomic mass is 9.89. The fourth-order valence-corrected chi connectivity index (χ4v) is 3.08. The van der Waals surface area contributed by atoms with Gasteiger partial charge in [-0.25, -0.2) is 0 Å². The van der Waals surface area contributed by atoms with Gasteiger partial charge in [-0.3, -0.25) is 0 Å². The minimum absolute atomic E-state index is 0.158. The summed E-state index contributed by atoms with van der Waals surface area (Å²) in [5, 5.41) is 10.1. The van der Waals surface area contributed by atoms with E-state index in [1.54, 1.807) is 0 Å². The number of halogens is 1. The molecule has 20 heavy (non-hydrogen) atoms. The highest BCUT2D eigenvalue weighted by Crippen LogP contribution is 2.35. The molecule has 0 saturated carbocycles. The van der Waals surface area contributed by atoms with Crippen molar-refractivity contribution in [3.05, 3.63) is 65.2 Å². The molecule has 0 radical (unpaired) electrons. The summed E-state index contributed by atoms with van der Waals surface area (Å²) in [6.07, 6.45) is 1.52. The first-order valence-electron chi connectivity index (χ1n) is 6.86. The zero-order valence-corrected chi connectivity index (χ0v) is 12.7. The van der Waals surface area contributed by atoms with Crippen molar-refractivity contribution < 1.29 is 9.84 Å². The molecular formula is C17H17BrO2. The molecule has 2 aromatic rings.